The molecular weight excluding hydrogens is 200 g/mol. The Balaban J connectivity index is 2.48. The topological polar surface area (TPSA) is 65.0 Å². The lowest BCUT2D eigenvalue weighted by Gasteiger charge is -2.36. The minimum atomic E-state index is -1.21. The summed E-state index contributed by atoms with van der Waals surface area (Å²) in [5.74, 6) is -3.04. The van der Waals surface area contributed by atoms with Crippen LogP contribution in [0.15, 0.2) is 12.2 Å². The van der Waals surface area contributed by atoms with Crippen molar-refractivity contribution in [2.75, 3.05) is 14.2 Å². The zero-order valence-corrected chi connectivity index (χ0v) is 8.89. The molecule has 0 aromatic heterocycles. The van der Waals surface area contributed by atoms with Crippen LogP contribution in [-0.4, -0.2) is 42.8 Å². The van der Waals surface area contributed by atoms with Crippen LogP contribution in [-0.2, 0) is 19.0 Å². The van der Waals surface area contributed by atoms with Crippen molar-refractivity contribution in [2.45, 2.75) is 24.4 Å². The first kappa shape index (κ1) is 10.6. The molecule has 5 heteroatoms. The minimum absolute atomic E-state index is 0.460. The molecule has 0 radical (unpaired) electrons. The van der Waals surface area contributed by atoms with E-state index in [1.807, 2.05) is 0 Å². The number of rotatable bonds is 3. The monoisotopic (exact) mass is 214 g/mol. The van der Waals surface area contributed by atoms with Gasteiger partial charge >= 0.3 is 5.97 Å². The van der Waals surface area contributed by atoms with Crippen molar-refractivity contribution in [3.05, 3.63) is 12.2 Å². The molecule has 0 unspecified atom stereocenters. The lowest BCUT2D eigenvalue weighted by Crippen LogP contribution is -2.54. The standard InChI is InChI=1S/C10H14O5/c1-9-5-4-6(15-9)10(13-2,14-3)7(9)8(11)12/h4-7H,1-3H3,(H,11,12)/t6-,7-,9-/m1/s1. The maximum Gasteiger partial charge on any atom is 0.315 e. The third-order valence-electron chi connectivity index (χ3n) is 3.24. The lowest BCUT2D eigenvalue weighted by atomic mass is 9.79. The Labute approximate surface area is 87.6 Å². The van der Waals surface area contributed by atoms with Gasteiger partial charge in [-0.05, 0) is 6.92 Å². The van der Waals surface area contributed by atoms with Crippen LogP contribution in [0.4, 0.5) is 0 Å². The Kier molecular flexibility index (Phi) is 2.15. The van der Waals surface area contributed by atoms with E-state index >= 15 is 0 Å². The van der Waals surface area contributed by atoms with Crippen molar-refractivity contribution < 1.29 is 24.1 Å². The van der Waals surface area contributed by atoms with Gasteiger partial charge in [0.2, 0.25) is 5.79 Å². The highest BCUT2D eigenvalue weighted by molar-refractivity contribution is 5.75. The van der Waals surface area contributed by atoms with Crippen molar-refractivity contribution in [1.29, 1.82) is 0 Å². The summed E-state index contributed by atoms with van der Waals surface area (Å²) in [5.41, 5.74) is -0.845. The van der Waals surface area contributed by atoms with Crippen LogP contribution in [0.2, 0.25) is 0 Å². The Morgan fingerprint density at radius 1 is 1.47 bits per heavy atom. The molecule has 1 N–H and O–H groups in total. The highest BCUT2D eigenvalue weighted by atomic mass is 16.7. The average molecular weight is 214 g/mol. The van der Waals surface area contributed by atoms with Gasteiger partial charge in [-0.3, -0.25) is 4.79 Å². The molecule has 1 fully saturated rings. The number of fused-ring (bicyclic) bond motifs is 2. The number of carbonyl (C=O) groups is 1. The molecule has 2 aliphatic rings. The third-order valence-corrected chi connectivity index (χ3v) is 3.24. The van der Waals surface area contributed by atoms with E-state index in [0.29, 0.717) is 0 Å². The molecule has 2 rings (SSSR count). The van der Waals surface area contributed by atoms with Gasteiger partial charge in [-0.2, -0.15) is 0 Å². The maximum atomic E-state index is 11.3. The molecular formula is C10H14O5. The van der Waals surface area contributed by atoms with Crippen LogP contribution in [0, 0.1) is 5.92 Å². The van der Waals surface area contributed by atoms with Crippen molar-refractivity contribution in [3.63, 3.8) is 0 Å². The van der Waals surface area contributed by atoms with Crippen LogP contribution in [0.25, 0.3) is 0 Å². The van der Waals surface area contributed by atoms with Gasteiger partial charge in [0.1, 0.15) is 17.6 Å². The zero-order valence-electron chi connectivity index (χ0n) is 8.89. The number of hydrogen-bond donors (Lipinski definition) is 1. The summed E-state index contributed by atoms with van der Waals surface area (Å²) < 4.78 is 16.1. The second-order valence-corrected chi connectivity index (χ2v) is 3.98. The second-order valence-electron chi connectivity index (χ2n) is 3.98. The highest BCUT2D eigenvalue weighted by Crippen LogP contribution is 2.51. The zero-order chi connectivity index (χ0) is 11.3. The number of carboxylic acid groups (broad SMARTS) is 1. The number of methoxy groups -OCH3 is 2. The molecule has 15 heavy (non-hydrogen) atoms. The molecule has 2 bridgehead atoms. The fourth-order valence-corrected chi connectivity index (χ4v) is 2.54. The minimum Gasteiger partial charge on any atom is -0.481 e. The summed E-state index contributed by atoms with van der Waals surface area (Å²) in [5, 5.41) is 9.22. The van der Waals surface area contributed by atoms with E-state index < -0.39 is 29.4 Å². The molecule has 2 aliphatic heterocycles. The average Bonchev–Trinajstić information content (AvgIpc) is 2.68. The predicted molar refractivity (Wildman–Crippen MR) is 50.3 cm³/mol. The number of carboxylic acids is 1. The molecule has 84 valence electrons. The molecule has 0 aromatic carbocycles. The van der Waals surface area contributed by atoms with Gasteiger partial charge in [0, 0.05) is 14.2 Å². The van der Waals surface area contributed by atoms with Gasteiger partial charge in [0.25, 0.3) is 0 Å². The Bertz CT molecular complexity index is 320. The van der Waals surface area contributed by atoms with Crippen LogP contribution in [0.3, 0.4) is 0 Å². The van der Waals surface area contributed by atoms with E-state index in [0.717, 1.165) is 0 Å². The van der Waals surface area contributed by atoms with E-state index in [2.05, 4.69) is 0 Å². The van der Waals surface area contributed by atoms with Crippen molar-refractivity contribution >= 4 is 5.97 Å². The summed E-state index contributed by atoms with van der Waals surface area (Å²) in [7, 11) is 2.86. The largest absolute Gasteiger partial charge is 0.481 e. The summed E-state index contributed by atoms with van der Waals surface area (Å²) in [6.45, 7) is 1.72. The van der Waals surface area contributed by atoms with Gasteiger partial charge in [-0.1, -0.05) is 12.2 Å². The molecule has 0 spiro atoms. The first-order chi connectivity index (χ1) is 7.00. The van der Waals surface area contributed by atoms with E-state index in [9.17, 15) is 9.90 Å². The van der Waals surface area contributed by atoms with Crippen molar-refractivity contribution in [3.8, 4) is 0 Å². The fraction of sp³-hybridized carbons (Fsp3) is 0.700. The normalized spacial score (nSPS) is 41.0. The second kappa shape index (κ2) is 3.04. The smallest absolute Gasteiger partial charge is 0.315 e. The molecule has 5 nitrogen and oxygen atoms in total. The van der Waals surface area contributed by atoms with Gasteiger partial charge in [-0.25, -0.2) is 0 Å². The van der Waals surface area contributed by atoms with Gasteiger partial charge < -0.3 is 19.3 Å². The summed E-state index contributed by atoms with van der Waals surface area (Å²) in [6, 6.07) is 0. The molecule has 2 heterocycles. The fourth-order valence-electron chi connectivity index (χ4n) is 2.54. The number of ether oxygens (including phenoxy) is 3. The molecule has 0 aliphatic carbocycles. The highest BCUT2D eigenvalue weighted by Gasteiger charge is 2.68. The first-order valence-corrected chi connectivity index (χ1v) is 4.70. The Morgan fingerprint density at radius 3 is 2.47 bits per heavy atom. The molecule has 3 atom stereocenters. The SMILES string of the molecule is COC1(OC)[C@H]2C=C[C@@](C)(O2)[C@H]1C(=O)O. The third kappa shape index (κ3) is 1.11. The van der Waals surface area contributed by atoms with Crippen LogP contribution in [0.1, 0.15) is 6.92 Å². The summed E-state index contributed by atoms with van der Waals surface area (Å²) in [6.07, 6.45) is 3.08. The molecule has 0 aromatic rings. The lowest BCUT2D eigenvalue weighted by molar-refractivity contribution is -0.243. The van der Waals surface area contributed by atoms with Gasteiger partial charge in [0.15, 0.2) is 0 Å². The van der Waals surface area contributed by atoms with Crippen molar-refractivity contribution in [1.82, 2.24) is 0 Å². The predicted octanol–water partition coefficient (Wildman–Crippen LogP) is 0.404. The van der Waals surface area contributed by atoms with E-state index in [-0.39, 0.29) is 0 Å². The first-order valence-electron chi connectivity index (χ1n) is 4.70. The van der Waals surface area contributed by atoms with E-state index in [1.54, 1.807) is 19.1 Å². The summed E-state index contributed by atoms with van der Waals surface area (Å²) >= 11 is 0. The van der Waals surface area contributed by atoms with Gasteiger partial charge in [0.05, 0.1) is 0 Å². The quantitative estimate of drug-likeness (QED) is 0.544. The number of aliphatic carboxylic acids is 1. The van der Waals surface area contributed by atoms with Gasteiger partial charge in [-0.15, -0.1) is 0 Å². The van der Waals surface area contributed by atoms with E-state index in [1.165, 1.54) is 14.2 Å². The Hall–Kier alpha value is -0.910. The van der Waals surface area contributed by atoms with Crippen LogP contribution >= 0.6 is 0 Å². The Morgan fingerprint density at radius 2 is 2.07 bits per heavy atom. The summed E-state index contributed by atoms with van der Waals surface area (Å²) in [4.78, 5) is 11.3. The molecule has 1 saturated heterocycles. The van der Waals surface area contributed by atoms with E-state index in [4.69, 9.17) is 14.2 Å². The number of hydrogen-bond acceptors (Lipinski definition) is 4. The van der Waals surface area contributed by atoms with Crippen LogP contribution < -0.4 is 0 Å². The maximum absolute atomic E-state index is 11.3. The molecule has 0 saturated carbocycles. The molecule has 0 amide bonds. The van der Waals surface area contributed by atoms with Crippen molar-refractivity contribution in [2.24, 2.45) is 5.92 Å². The van der Waals surface area contributed by atoms with Crippen LogP contribution in [0.5, 0.6) is 0 Å².